The molecule has 144 valence electrons. The number of hydrogen-bond acceptors (Lipinski definition) is 4. The summed E-state index contributed by atoms with van der Waals surface area (Å²) in [6.07, 6.45) is 0. The summed E-state index contributed by atoms with van der Waals surface area (Å²) >= 11 is 5.24. The molecule has 3 rings (SSSR count). The van der Waals surface area contributed by atoms with Crippen LogP contribution in [-0.2, 0) is 4.79 Å². The van der Waals surface area contributed by atoms with E-state index in [0.717, 1.165) is 16.8 Å². The van der Waals surface area contributed by atoms with E-state index in [-0.39, 0.29) is 11.6 Å². The van der Waals surface area contributed by atoms with Crippen LogP contribution in [0.25, 0.3) is 0 Å². The highest BCUT2D eigenvalue weighted by atomic mass is 32.1. The number of anilines is 1. The van der Waals surface area contributed by atoms with Gasteiger partial charge >= 0.3 is 0 Å². The van der Waals surface area contributed by atoms with Crippen molar-refractivity contribution in [2.24, 2.45) is 0 Å². The van der Waals surface area contributed by atoms with Gasteiger partial charge in [-0.3, -0.25) is 14.9 Å². The van der Waals surface area contributed by atoms with Gasteiger partial charge in [-0.05, 0) is 62.3 Å². The number of nitro benzene ring substituents is 1. The van der Waals surface area contributed by atoms with E-state index >= 15 is 0 Å². The average Bonchev–Trinajstić information content (AvgIpc) is 2.63. The van der Waals surface area contributed by atoms with Crippen LogP contribution in [0.1, 0.15) is 29.7 Å². The zero-order chi connectivity index (χ0) is 20.4. The van der Waals surface area contributed by atoms with Crippen molar-refractivity contribution in [3.8, 4) is 0 Å². The average molecular weight is 396 g/mol. The van der Waals surface area contributed by atoms with Crippen LogP contribution in [0.4, 0.5) is 11.4 Å². The number of amides is 1. The molecule has 28 heavy (non-hydrogen) atoms. The van der Waals surface area contributed by atoms with Gasteiger partial charge in [0.15, 0.2) is 5.11 Å². The predicted octanol–water partition coefficient (Wildman–Crippen LogP) is 3.64. The number of carbonyl (C=O) groups is 1. The highest BCUT2D eigenvalue weighted by Crippen LogP contribution is 2.29. The summed E-state index contributed by atoms with van der Waals surface area (Å²) in [6.45, 7) is 5.71. The Balaban J connectivity index is 1.94. The van der Waals surface area contributed by atoms with E-state index in [0.29, 0.717) is 21.9 Å². The smallest absolute Gasteiger partial charge is 0.269 e. The molecule has 0 radical (unpaired) electrons. The van der Waals surface area contributed by atoms with E-state index in [4.69, 9.17) is 12.2 Å². The molecule has 8 heteroatoms. The Kier molecular flexibility index (Phi) is 5.41. The van der Waals surface area contributed by atoms with Gasteiger partial charge in [-0.15, -0.1) is 0 Å². The molecule has 0 aliphatic carbocycles. The first-order valence-electron chi connectivity index (χ1n) is 8.67. The first kappa shape index (κ1) is 19.5. The van der Waals surface area contributed by atoms with Crippen LogP contribution in [-0.4, -0.2) is 15.9 Å². The van der Waals surface area contributed by atoms with E-state index < -0.39 is 11.0 Å². The Morgan fingerprint density at radius 3 is 2.43 bits per heavy atom. The van der Waals surface area contributed by atoms with Crippen molar-refractivity contribution in [1.82, 2.24) is 10.6 Å². The Morgan fingerprint density at radius 1 is 1.14 bits per heavy atom. The van der Waals surface area contributed by atoms with Crippen LogP contribution in [0.2, 0.25) is 0 Å². The van der Waals surface area contributed by atoms with E-state index in [2.05, 4.69) is 16.0 Å². The van der Waals surface area contributed by atoms with Gasteiger partial charge in [0.05, 0.1) is 16.5 Å². The van der Waals surface area contributed by atoms with Crippen molar-refractivity contribution in [3.05, 3.63) is 80.5 Å². The standard InChI is InChI=1S/C20H20N4O3S/c1-11-4-9-16(12(2)10-11)22-19(25)17-13(3)21-20(28)23-18(17)14-5-7-15(8-6-14)24(26)27/h4-10,18H,1-3H3,(H,22,25)(H2,21,23,28)/t18-/m1/s1. The summed E-state index contributed by atoms with van der Waals surface area (Å²) in [7, 11) is 0. The van der Waals surface area contributed by atoms with E-state index in [1.807, 2.05) is 32.0 Å². The predicted molar refractivity (Wildman–Crippen MR) is 112 cm³/mol. The monoisotopic (exact) mass is 396 g/mol. The van der Waals surface area contributed by atoms with Gasteiger partial charge in [0.2, 0.25) is 0 Å². The van der Waals surface area contributed by atoms with Gasteiger partial charge in [-0.25, -0.2) is 0 Å². The molecular weight excluding hydrogens is 376 g/mol. The maximum atomic E-state index is 13.1. The molecule has 1 heterocycles. The fourth-order valence-corrected chi connectivity index (χ4v) is 3.45. The molecule has 2 aromatic rings. The van der Waals surface area contributed by atoms with Gasteiger partial charge in [0.1, 0.15) is 0 Å². The van der Waals surface area contributed by atoms with Crippen LogP contribution in [0.5, 0.6) is 0 Å². The molecule has 1 atom stereocenters. The van der Waals surface area contributed by atoms with Gasteiger partial charge in [-0.1, -0.05) is 17.7 Å². The molecule has 0 unspecified atom stereocenters. The van der Waals surface area contributed by atoms with Crippen molar-refractivity contribution in [2.45, 2.75) is 26.8 Å². The summed E-state index contributed by atoms with van der Waals surface area (Å²) < 4.78 is 0. The van der Waals surface area contributed by atoms with Crippen LogP contribution in [0.3, 0.4) is 0 Å². The van der Waals surface area contributed by atoms with Crippen LogP contribution in [0, 0.1) is 24.0 Å². The molecule has 0 spiro atoms. The largest absolute Gasteiger partial charge is 0.351 e. The molecule has 0 saturated carbocycles. The van der Waals surface area contributed by atoms with Crippen molar-refractivity contribution in [2.75, 3.05) is 5.32 Å². The number of nitrogens with one attached hydrogen (secondary N) is 3. The van der Waals surface area contributed by atoms with Gasteiger partial charge < -0.3 is 16.0 Å². The number of allylic oxidation sites excluding steroid dienone is 1. The van der Waals surface area contributed by atoms with E-state index in [9.17, 15) is 14.9 Å². The fourth-order valence-electron chi connectivity index (χ4n) is 3.18. The maximum absolute atomic E-state index is 13.1. The number of aryl methyl sites for hydroxylation is 2. The summed E-state index contributed by atoms with van der Waals surface area (Å²) in [5.41, 5.74) is 4.61. The fraction of sp³-hybridized carbons (Fsp3) is 0.200. The van der Waals surface area contributed by atoms with Crippen molar-refractivity contribution < 1.29 is 9.72 Å². The molecule has 1 aliphatic heterocycles. The number of non-ortho nitro benzene ring substituents is 1. The molecule has 0 bridgehead atoms. The lowest BCUT2D eigenvalue weighted by molar-refractivity contribution is -0.384. The molecule has 1 aliphatic rings. The number of benzene rings is 2. The van der Waals surface area contributed by atoms with E-state index in [1.165, 1.54) is 12.1 Å². The number of nitro groups is 1. The lowest BCUT2D eigenvalue weighted by Crippen LogP contribution is -2.45. The second kappa shape index (κ2) is 7.77. The quantitative estimate of drug-likeness (QED) is 0.415. The third-order valence-electron chi connectivity index (χ3n) is 4.58. The normalized spacial score (nSPS) is 16.2. The summed E-state index contributed by atoms with van der Waals surface area (Å²) in [4.78, 5) is 23.5. The summed E-state index contributed by atoms with van der Waals surface area (Å²) in [5, 5.41) is 20.3. The SMILES string of the molecule is CC1=C(C(=O)Nc2ccc(C)cc2C)[C@@H](c2ccc([N+](=O)[O-])cc2)NC(=S)N1. The summed E-state index contributed by atoms with van der Waals surface area (Å²) in [6, 6.07) is 11.4. The molecule has 0 fully saturated rings. The molecule has 0 saturated heterocycles. The number of carbonyl (C=O) groups excluding carboxylic acids is 1. The minimum absolute atomic E-state index is 0.0118. The highest BCUT2D eigenvalue weighted by molar-refractivity contribution is 7.80. The molecular formula is C20H20N4O3S. The maximum Gasteiger partial charge on any atom is 0.269 e. The molecule has 2 aromatic carbocycles. The van der Waals surface area contributed by atoms with Crippen LogP contribution in [0.15, 0.2) is 53.7 Å². The molecule has 7 nitrogen and oxygen atoms in total. The topological polar surface area (TPSA) is 96.3 Å². The third kappa shape index (κ3) is 4.01. The lowest BCUT2D eigenvalue weighted by Gasteiger charge is -2.30. The molecule has 1 amide bonds. The first-order valence-corrected chi connectivity index (χ1v) is 9.08. The van der Waals surface area contributed by atoms with Gasteiger partial charge in [-0.2, -0.15) is 0 Å². The Morgan fingerprint density at radius 2 is 1.82 bits per heavy atom. The minimum Gasteiger partial charge on any atom is -0.351 e. The number of nitrogens with zero attached hydrogens (tertiary/aromatic N) is 1. The number of hydrogen-bond donors (Lipinski definition) is 3. The Bertz CT molecular complexity index is 999. The number of rotatable bonds is 4. The first-order chi connectivity index (χ1) is 13.3. The second-order valence-corrected chi connectivity index (χ2v) is 7.10. The van der Waals surface area contributed by atoms with Gasteiger partial charge in [0.25, 0.3) is 11.6 Å². The Labute approximate surface area is 168 Å². The van der Waals surface area contributed by atoms with Crippen LogP contribution < -0.4 is 16.0 Å². The molecule has 0 aromatic heterocycles. The Hall–Kier alpha value is -3.26. The van der Waals surface area contributed by atoms with Crippen molar-refractivity contribution in [3.63, 3.8) is 0 Å². The third-order valence-corrected chi connectivity index (χ3v) is 4.80. The molecule has 3 N–H and O–H groups in total. The minimum atomic E-state index is -0.514. The highest BCUT2D eigenvalue weighted by Gasteiger charge is 2.30. The number of thiocarbonyl (C=S) groups is 1. The van der Waals surface area contributed by atoms with Crippen LogP contribution >= 0.6 is 12.2 Å². The lowest BCUT2D eigenvalue weighted by atomic mass is 9.94. The summed E-state index contributed by atoms with van der Waals surface area (Å²) in [5.74, 6) is -0.268. The second-order valence-electron chi connectivity index (χ2n) is 6.69. The van der Waals surface area contributed by atoms with Crippen molar-refractivity contribution in [1.29, 1.82) is 0 Å². The zero-order valence-electron chi connectivity index (χ0n) is 15.7. The van der Waals surface area contributed by atoms with Crippen molar-refractivity contribution >= 4 is 34.6 Å². The van der Waals surface area contributed by atoms with E-state index in [1.54, 1.807) is 19.1 Å². The van der Waals surface area contributed by atoms with Gasteiger partial charge in [0, 0.05) is 23.5 Å². The zero-order valence-corrected chi connectivity index (χ0v) is 16.5.